The zero-order chi connectivity index (χ0) is 11.5. The van der Waals surface area contributed by atoms with Gasteiger partial charge in [-0.1, -0.05) is 0 Å². The van der Waals surface area contributed by atoms with Crippen molar-refractivity contribution in [1.82, 2.24) is 0 Å². The molecule has 2 aromatic rings. The van der Waals surface area contributed by atoms with Crippen LogP contribution in [0.3, 0.4) is 0 Å². The van der Waals surface area contributed by atoms with Crippen molar-refractivity contribution in [2.75, 3.05) is 5.32 Å². The van der Waals surface area contributed by atoms with Gasteiger partial charge < -0.3 is 14.8 Å². The third-order valence-electron chi connectivity index (χ3n) is 2.37. The minimum absolute atomic E-state index is 0.347. The second kappa shape index (κ2) is 4.26. The summed E-state index contributed by atoms with van der Waals surface area (Å²) in [6.07, 6.45) is 1.61. The standard InChI is InChI=1S/C12H12FNO2/c1-8-4-5-16-12(8)7-14-9-2-3-11(15)10(13)6-9/h2-6,14-15H,7H2,1H3. The van der Waals surface area contributed by atoms with Gasteiger partial charge in [0, 0.05) is 11.8 Å². The van der Waals surface area contributed by atoms with Crippen molar-refractivity contribution in [3.05, 3.63) is 47.7 Å². The maximum atomic E-state index is 13.0. The molecule has 0 aliphatic rings. The fourth-order valence-electron chi connectivity index (χ4n) is 1.38. The topological polar surface area (TPSA) is 45.4 Å². The van der Waals surface area contributed by atoms with Gasteiger partial charge in [0.05, 0.1) is 12.8 Å². The average molecular weight is 221 g/mol. The fourth-order valence-corrected chi connectivity index (χ4v) is 1.38. The lowest BCUT2D eigenvalue weighted by molar-refractivity contribution is 0.432. The van der Waals surface area contributed by atoms with Crippen LogP contribution in [0.15, 0.2) is 34.9 Å². The monoisotopic (exact) mass is 221 g/mol. The molecule has 1 aromatic heterocycles. The van der Waals surface area contributed by atoms with E-state index in [4.69, 9.17) is 9.52 Å². The van der Waals surface area contributed by atoms with Gasteiger partial charge in [0.15, 0.2) is 11.6 Å². The van der Waals surface area contributed by atoms with Crippen LogP contribution in [0.4, 0.5) is 10.1 Å². The van der Waals surface area contributed by atoms with Crippen molar-refractivity contribution in [3.8, 4) is 5.75 Å². The number of furan rings is 1. The lowest BCUT2D eigenvalue weighted by Crippen LogP contribution is -1.99. The van der Waals surface area contributed by atoms with E-state index in [1.807, 2.05) is 13.0 Å². The molecule has 0 aliphatic heterocycles. The number of halogens is 1. The highest BCUT2D eigenvalue weighted by Gasteiger charge is 2.04. The van der Waals surface area contributed by atoms with Crippen LogP contribution in [0, 0.1) is 12.7 Å². The van der Waals surface area contributed by atoms with Crippen molar-refractivity contribution >= 4 is 5.69 Å². The van der Waals surface area contributed by atoms with Crippen LogP contribution in [0.2, 0.25) is 0 Å². The Morgan fingerprint density at radius 1 is 1.38 bits per heavy atom. The lowest BCUT2D eigenvalue weighted by atomic mass is 10.2. The van der Waals surface area contributed by atoms with Gasteiger partial charge >= 0.3 is 0 Å². The van der Waals surface area contributed by atoms with Crippen LogP contribution in [0.25, 0.3) is 0 Å². The Morgan fingerprint density at radius 3 is 2.81 bits per heavy atom. The number of nitrogens with one attached hydrogen (secondary N) is 1. The van der Waals surface area contributed by atoms with E-state index in [1.54, 1.807) is 12.3 Å². The van der Waals surface area contributed by atoms with Crippen LogP contribution in [-0.2, 0) is 6.54 Å². The maximum absolute atomic E-state index is 13.0. The van der Waals surface area contributed by atoms with Crippen molar-refractivity contribution in [2.45, 2.75) is 13.5 Å². The largest absolute Gasteiger partial charge is 0.505 e. The highest BCUT2D eigenvalue weighted by atomic mass is 19.1. The van der Waals surface area contributed by atoms with E-state index >= 15 is 0 Å². The summed E-state index contributed by atoms with van der Waals surface area (Å²) < 4.78 is 18.2. The van der Waals surface area contributed by atoms with Gasteiger partial charge in [-0.05, 0) is 30.7 Å². The molecule has 0 saturated carbocycles. The first-order valence-electron chi connectivity index (χ1n) is 4.92. The minimum Gasteiger partial charge on any atom is -0.505 e. The van der Waals surface area contributed by atoms with Gasteiger partial charge in [-0.3, -0.25) is 0 Å². The van der Waals surface area contributed by atoms with Crippen molar-refractivity contribution in [2.24, 2.45) is 0 Å². The highest BCUT2D eigenvalue weighted by molar-refractivity contribution is 5.47. The summed E-state index contributed by atoms with van der Waals surface area (Å²) in [5, 5.41) is 12.0. The third kappa shape index (κ3) is 2.16. The van der Waals surface area contributed by atoms with Crippen LogP contribution >= 0.6 is 0 Å². The van der Waals surface area contributed by atoms with Gasteiger partial charge in [-0.15, -0.1) is 0 Å². The Balaban J connectivity index is 2.05. The summed E-state index contributed by atoms with van der Waals surface area (Å²) in [5.74, 6) is -0.172. The number of rotatable bonds is 3. The molecule has 1 aromatic carbocycles. The third-order valence-corrected chi connectivity index (χ3v) is 2.37. The molecule has 0 spiro atoms. The Bertz CT molecular complexity index is 494. The van der Waals surface area contributed by atoms with Crippen molar-refractivity contribution in [3.63, 3.8) is 0 Å². The summed E-state index contributed by atoms with van der Waals surface area (Å²) in [4.78, 5) is 0. The molecule has 0 amide bonds. The van der Waals surface area contributed by atoms with Gasteiger partial charge in [0.25, 0.3) is 0 Å². The number of aromatic hydroxyl groups is 1. The number of phenols is 1. The molecule has 1 heterocycles. The van der Waals surface area contributed by atoms with E-state index in [0.29, 0.717) is 12.2 Å². The lowest BCUT2D eigenvalue weighted by Gasteiger charge is -2.05. The van der Waals surface area contributed by atoms with E-state index in [2.05, 4.69) is 5.32 Å². The summed E-state index contributed by atoms with van der Waals surface area (Å²) in [7, 11) is 0. The number of aryl methyl sites for hydroxylation is 1. The van der Waals surface area contributed by atoms with E-state index in [0.717, 1.165) is 11.3 Å². The van der Waals surface area contributed by atoms with Crippen LogP contribution in [0.1, 0.15) is 11.3 Å². The molecule has 0 fully saturated rings. The smallest absolute Gasteiger partial charge is 0.166 e. The molecule has 0 bridgehead atoms. The summed E-state index contributed by atoms with van der Waals surface area (Å²) in [6.45, 7) is 2.43. The summed E-state index contributed by atoms with van der Waals surface area (Å²) in [5.41, 5.74) is 1.65. The number of anilines is 1. The van der Waals surface area contributed by atoms with Crippen LogP contribution < -0.4 is 5.32 Å². The first kappa shape index (κ1) is 10.5. The molecular weight excluding hydrogens is 209 g/mol. The molecule has 4 heteroatoms. The SMILES string of the molecule is Cc1ccoc1CNc1ccc(O)c(F)c1. The molecule has 0 radical (unpaired) electrons. The fraction of sp³-hybridized carbons (Fsp3) is 0.167. The maximum Gasteiger partial charge on any atom is 0.166 e. The number of hydrogen-bond acceptors (Lipinski definition) is 3. The predicted molar refractivity (Wildman–Crippen MR) is 58.8 cm³/mol. The molecule has 2 rings (SSSR count). The molecule has 0 unspecified atom stereocenters. The molecule has 3 nitrogen and oxygen atoms in total. The molecule has 84 valence electrons. The minimum atomic E-state index is -0.638. The van der Waals surface area contributed by atoms with E-state index in [-0.39, 0.29) is 5.75 Å². The molecule has 0 aliphatic carbocycles. The number of hydrogen-bond donors (Lipinski definition) is 2. The Hall–Kier alpha value is -1.97. The zero-order valence-corrected chi connectivity index (χ0v) is 8.83. The molecular formula is C12H12FNO2. The van der Waals surface area contributed by atoms with E-state index in [1.165, 1.54) is 12.1 Å². The van der Waals surface area contributed by atoms with E-state index in [9.17, 15) is 4.39 Å². The molecule has 0 saturated heterocycles. The Kier molecular flexibility index (Phi) is 2.81. The summed E-state index contributed by atoms with van der Waals surface area (Å²) >= 11 is 0. The van der Waals surface area contributed by atoms with Crippen molar-refractivity contribution in [1.29, 1.82) is 0 Å². The molecule has 0 atom stereocenters. The Morgan fingerprint density at radius 2 is 2.19 bits per heavy atom. The molecule has 16 heavy (non-hydrogen) atoms. The number of phenolic OH excluding ortho intramolecular Hbond substituents is 1. The van der Waals surface area contributed by atoms with Gasteiger partial charge in [-0.2, -0.15) is 0 Å². The Labute approximate surface area is 92.5 Å². The molecule has 2 N–H and O–H groups in total. The van der Waals surface area contributed by atoms with Gasteiger partial charge in [0.1, 0.15) is 5.76 Å². The average Bonchev–Trinajstić information content (AvgIpc) is 2.66. The quantitative estimate of drug-likeness (QED) is 0.783. The van der Waals surface area contributed by atoms with Crippen LogP contribution in [0.5, 0.6) is 5.75 Å². The van der Waals surface area contributed by atoms with Crippen LogP contribution in [-0.4, -0.2) is 5.11 Å². The first-order chi connectivity index (χ1) is 7.66. The second-order valence-corrected chi connectivity index (χ2v) is 3.55. The zero-order valence-electron chi connectivity index (χ0n) is 8.83. The second-order valence-electron chi connectivity index (χ2n) is 3.55. The van der Waals surface area contributed by atoms with Crippen molar-refractivity contribution < 1.29 is 13.9 Å². The summed E-state index contributed by atoms with van der Waals surface area (Å²) in [6, 6.07) is 6.03. The highest BCUT2D eigenvalue weighted by Crippen LogP contribution is 2.20. The normalized spacial score (nSPS) is 10.4. The predicted octanol–water partition coefficient (Wildman–Crippen LogP) is 3.04. The van der Waals surface area contributed by atoms with Gasteiger partial charge in [0.2, 0.25) is 0 Å². The van der Waals surface area contributed by atoms with E-state index < -0.39 is 5.82 Å². The first-order valence-corrected chi connectivity index (χ1v) is 4.92. The van der Waals surface area contributed by atoms with Gasteiger partial charge in [-0.25, -0.2) is 4.39 Å². The number of benzene rings is 1.